The second-order valence-corrected chi connectivity index (χ2v) is 4.94. The quantitative estimate of drug-likeness (QED) is 0.756. The predicted molar refractivity (Wildman–Crippen MR) is 59.3 cm³/mol. The SMILES string of the molecule is CNCc1ccc([S+]([O-])N(C)C)cc1. The first-order valence-corrected chi connectivity index (χ1v) is 5.58. The highest BCUT2D eigenvalue weighted by Gasteiger charge is 2.13. The minimum atomic E-state index is -1.03. The summed E-state index contributed by atoms with van der Waals surface area (Å²) in [5.74, 6) is 0. The van der Waals surface area contributed by atoms with Gasteiger partial charge in [0, 0.05) is 20.6 Å². The lowest BCUT2D eigenvalue weighted by Gasteiger charge is -2.15. The van der Waals surface area contributed by atoms with Gasteiger partial charge in [-0.3, -0.25) is 0 Å². The number of hydrogen-bond acceptors (Lipinski definition) is 3. The molecular weight excluding hydrogens is 196 g/mol. The molecule has 0 amide bonds. The average Bonchev–Trinajstić information content (AvgIpc) is 2.18. The van der Waals surface area contributed by atoms with Crippen molar-refractivity contribution in [2.45, 2.75) is 11.4 Å². The summed E-state index contributed by atoms with van der Waals surface area (Å²) in [6, 6.07) is 7.80. The Hall–Kier alpha value is -0.550. The van der Waals surface area contributed by atoms with Gasteiger partial charge in [0.05, 0.1) is 11.4 Å². The van der Waals surface area contributed by atoms with Crippen molar-refractivity contribution < 1.29 is 4.55 Å². The van der Waals surface area contributed by atoms with E-state index in [4.69, 9.17) is 0 Å². The summed E-state index contributed by atoms with van der Waals surface area (Å²) >= 11 is -1.03. The molecule has 1 unspecified atom stereocenters. The summed E-state index contributed by atoms with van der Waals surface area (Å²) in [6.07, 6.45) is 0. The Morgan fingerprint density at radius 3 is 2.29 bits per heavy atom. The van der Waals surface area contributed by atoms with E-state index in [1.807, 2.05) is 31.3 Å². The number of rotatable bonds is 4. The highest BCUT2D eigenvalue weighted by Crippen LogP contribution is 2.13. The van der Waals surface area contributed by atoms with E-state index in [0.29, 0.717) is 0 Å². The van der Waals surface area contributed by atoms with Crippen LogP contribution in [0.15, 0.2) is 29.2 Å². The Morgan fingerprint density at radius 1 is 1.29 bits per heavy atom. The maximum atomic E-state index is 11.6. The summed E-state index contributed by atoms with van der Waals surface area (Å²) in [4.78, 5) is 0.842. The molecule has 0 aliphatic carbocycles. The molecule has 0 saturated carbocycles. The smallest absolute Gasteiger partial charge is 0.174 e. The van der Waals surface area contributed by atoms with Gasteiger partial charge in [0.2, 0.25) is 0 Å². The van der Waals surface area contributed by atoms with Crippen LogP contribution in [0.4, 0.5) is 0 Å². The van der Waals surface area contributed by atoms with Gasteiger partial charge in [-0.1, -0.05) is 12.1 Å². The Labute approximate surface area is 88.4 Å². The molecule has 78 valence electrons. The van der Waals surface area contributed by atoms with Gasteiger partial charge in [-0.25, -0.2) is 0 Å². The monoisotopic (exact) mass is 212 g/mol. The van der Waals surface area contributed by atoms with Gasteiger partial charge < -0.3 is 9.87 Å². The lowest BCUT2D eigenvalue weighted by atomic mass is 10.2. The molecule has 3 nitrogen and oxygen atoms in total. The molecule has 1 atom stereocenters. The van der Waals surface area contributed by atoms with Gasteiger partial charge in [-0.2, -0.15) is 0 Å². The molecule has 1 aromatic rings. The summed E-state index contributed by atoms with van der Waals surface area (Å²) in [6.45, 7) is 0.842. The van der Waals surface area contributed by atoms with Gasteiger partial charge in [-0.05, 0) is 24.7 Å². The van der Waals surface area contributed by atoms with E-state index in [1.165, 1.54) is 5.56 Å². The van der Waals surface area contributed by atoms with Crippen molar-refractivity contribution in [1.82, 2.24) is 9.62 Å². The lowest BCUT2D eigenvalue weighted by molar-refractivity contribution is 0.520. The predicted octanol–water partition coefficient (Wildman–Crippen LogP) is 0.990. The average molecular weight is 212 g/mol. The normalized spacial score (nSPS) is 13.2. The largest absolute Gasteiger partial charge is 0.593 e. The maximum Gasteiger partial charge on any atom is 0.174 e. The molecule has 14 heavy (non-hydrogen) atoms. The number of benzene rings is 1. The highest BCUT2D eigenvalue weighted by atomic mass is 32.2. The van der Waals surface area contributed by atoms with Crippen LogP contribution >= 0.6 is 0 Å². The molecule has 1 aromatic carbocycles. The standard InChI is InChI=1S/C10H16N2OS/c1-11-8-9-4-6-10(7-5-9)14(13)12(2)3/h4-7,11H,8H2,1-3H3. The first-order chi connectivity index (χ1) is 6.65. The Morgan fingerprint density at radius 2 is 1.86 bits per heavy atom. The zero-order chi connectivity index (χ0) is 10.6. The van der Waals surface area contributed by atoms with Crippen LogP contribution in [0.25, 0.3) is 0 Å². The molecule has 0 radical (unpaired) electrons. The molecule has 4 heteroatoms. The van der Waals surface area contributed by atoms with Crippen molar-refractivity contribution in [3.05, 3.63) is 29.8 Å². The minimum Gasteiger partial charge on any atom is -0.593 e. The third-order valence-electron chi connectivity index (χ3n) is 1.84. The van der Waals surface area contributed by atoms with Crippen molar-refractivity contribution in [3.8, 4) is 0 Å². The zero-order valence-corrected chi connectivity index (χ0v) is 9.60. The first kappa shape index (κ1) is 11.5. The van der Waals surface area contributed by atoms with Crippen molar-refractivity contribution >= 4 is 11.4 Å². The Kier molecular flexibility index (Phi) is 4.41. The van der Waals surface area contributed by atoms with Crippen molar-refractivity contribution in [3.63, 3.8) is 0 Å². The molecule has 1 N–H and O–H groups in total. The van der Waals surface area contributed by atoms with Crippen LogP contribution in [-0.2, 0) is 17.9 Å². The van der Waals surface area contributed by atoms with E-state index in [1.54, 1.807) is 18.4 Å². The van der Waals surface area contributed by atoms with E-state index >= 15 is 0 Å². The molecule has 1 rings (SSSR count). The van der Waals surface area contributed by atoms with Gasteiger partial charge in [0.1, 0.15) is 0 Å². The molecular formula is C10H16N2OS. The van der Waals surface area contributed by atoms with Crippen LogP contribution in [-0.4, -0.2) is 30.0 Å². The molecule has 0 fully saturated rings. The number of nitrogens with one attached hydrogen (secondary N) is 1. The van der Waals surface area contributed by atoms with Crippen LogP contribution in [0.2, 0.25) is 0 Å². The number of nitrogens with zero attached hydrogens (tertiary/aromatic N) is 1. The van der Waals surface area contributed by atoms with Crippen molar-refractivity contribution in [1.29, 1.82) is 0 Å². The number of hydrogen-bond donors (Lipinski definition) is 1. The summed E-state index contributed by atoms with van der Waals surface area (Å²) in [5.41, 5.74) is 1.20. The van der Waals surface area contributed by atoms with E-state index < -0.39 is 11.4 Å². The fourth-order valence-corrected chi connectivity index (χ4v) is 1.93. The van der Waals surface area contributed by atoms with E-state index in [-0.39, 0.29) is 0 Å². The lowest BCUT2D eigenvalue weighted by Crippen LogP contribution is -2.22. The Balaban J connectivity index is 2.72. The van der Waals surface area contributed by atoms with Crippen molar-refractivity contribution in [2.75, 3.05) is 21.1 Å². The molecule has 0 heterocycles. The summed E-state index contributed by atoms with van der Waals surface area (Å²) < 4.78 is 13.3. The second kappa shape index (κ2) is 5.36. The van der Waals surface area contributed by atoms with Crippen molar-refractivity contribution in [2.24, 2.45) is 0 Å². The van der Waals surface area contributed by atoms with E-state index in [0.717, 1.165) is 11.4 Å². The van der Waals surface area contributed by atoms with Crippen LogP contribution in [0.5, 0.6) is 0 Å². The summed E-state index contributed by atoms with van der Waals surface area (Å²) in [7, 11) is 5.52. The van der Waals surface area contributed by atoms with E-state index in [2.05, 4.69) is 5.32 Å². The van der Waals surface area contributed by atoms with Gasteiger partial charge in [0.25, 0.3) is 0 Å². The Bertz CT molecular complexity index is 274. The van der Waals surface area contributed by atoms with Crippen LogP contribution in [0.1, 0.15) is 5.56 Å². The third kappa shape index (κ3) is 2.99. The zero-order valence-electron chi connectivity index (χ0n) is 8.78. The van der Waals surface area contributed by atoms with Crippen LogP contribution in [0.3, 0.4) is 0 Å². The van der Waals surface area contributed by atoms with Gasteiger partial charge in [-0.15, -0.1) is 4.31 Å². The van der Waals surface area contributed by atoms with Crippen LogP contribution < -0.4 is 5.32 Å². The molecule has 0 spiro atoms. The highest BCUT2D eigenvalue weighted by molar-refractivity contribution is 7.89. The molecule has 0 aromatic heterocycles. The summed E-state index contributed by atoms with van der Waals surface area (Å²) in [5, 5.41) is 3.07. The third-order valence-corrected chi connectivity index (χ3v) is 3.18. The molecule has 0 aliphatic heterocycles. The fraction of sp³-hybridized carbons (Fsp3) is 0.400. The van der Waals surface area contributed by atoms with Crippen LogP contribution in [0, 0.1) is 0 Å². The van der Waals surface area contributed by atoms with Gasteiger partial charge in [0.15, 0.2) is 4.90 Å². The minimum absolute atomic E-state index is 0.842. The molecule has 0 bridgehead atoms. The second-order valence-electron chi connectivity index (χ2n) is 3.24. The van der Waals surface area contributed by atoms with Gasteiger partial charge >= 0.3 is 0 Å². The first-order valence-electron chi connectivity index (χ1n) is 4.48. The maximum absolute atomic E-state index is 11.6. The van der Waals surface area contributed by atoms with E-state index in [9.17, 15) is 4.55 Å². The fourth-order valence-electron chi connectivity index (χ4n) is 1.14. The topological polar surface area (TPSA) is 38.3 Å². The molecule has 0 aliphatic rings. The molecule has 0 saturated heterocycles.